The van der Waals surface area contributed by atoms with E-state index in [1.54, 1.807) is 0 Å². The molecular weight excluding hydrogens is 322 g/mol. The Labute approximate surface area is 143 Å². The van der Waals surface area contributed by atoms with Gasteiger partial charge in [0.15, 0.2) is 23.4 Å². The normalized spacial score (nSPS) is 15.8. The molecule has 1 aromatic carbocycles. The minimum Gasteiger partial charge on any atom is -0.485 e. The number of carbonyl (C=O) groups excluding carboxylic acids is 1. The number of aryl methyl sites for hydroxylation is 1. The molecule has 0 bridgehead atoms. The van der Waals surface area contributed by atoms with Crippen LogP contribution in [0.3, 0.4) is 0 Å². The van der Waals surface area contributed by atoms with E-state index in [-0.39, 0.29) is 11.9 Å². The number of carbonyl (C=O) groups is 1. The number of benzene rings is 1. The van der Waals surface area contributed by atoms with Gasteiger partial charge in [0, 0.05) is 25.4 Å². The van der Waals surface area contributed by atoms with Gasteiger partial charge in [0.25, 0.3) is 0 Å². The first-order valence-corrected chi connectivity index (χ1v) is 7.99. The van der Waals surface area contributed by atoms with Gasteiger partial charge in [0.2, 0.25) is 11.9 Å². The number of aromatic nitrogens is 4. The number of rotatable bonds is 5. The van der Waals surface area contributed by atoms with Gasteiger partial charge in [-0.15, -0.1) is 5.10 Å². The largest absolute Gasteiger partial charge is 0.485 e. The molecule has 0 radical (unpaired) electrons. The molecule has 8 heteroatoms. The van der Waals surface area contributed by atoms with E-state index in [0.29, 0.717) is 36.9 Å². The molecule has 1 atom stereocenters. The Morgan fingerprint density at radius 3 is 2.88 bits per heavy atom. The van der Waals surface area contributed by atoms with Gasteiger partial charge in [0.1, 0.15) is 6.61 Å². The number of amides is 1. The van der Waals surface area contributed by atoms with E-state index in [0.717, 1.165) is 0 Å². The van der Waals surface area contributed by atoms with Gasteiger partial charge < -0.3 is 14.0 Å². The number of nitrogens with zero attached hydrogens (tertiary/aromatic N) is 3. The highest BCUT2D eigenvalue weighted by atomic mass is 16.6. The highest BCUT2D eigenvalue weighted by molar-refractivity contribution is 5.88. The molecule has 8 nitrogen and oxygen atoms in total. The average molecular weight is 339 g/mol. The van der Waals surface area contributed by atoms with Crippen LogP contribution in [0.5, 0.6) is 11.5 Å². The Morgan fingerprint density at radius 2 is 2.04 bits per heavy atom. The van der Waals surface area contributed by atoms with Crippen LogP contribution in [0.2, 0.25) is 0 Å². The van der Waals surface area contributed by atoms with Crippen molar-refractivity contribution < 1.29 is 14.3 Å². The average Bonchev–Trinajstić information content (AvgIpc) is 3.31. The molecular formula is C17H17N5O3. The highest BCUT2D eigenvalue weighted by Gasteiger charge is 2.25. The van der Waals surface area contributed by atoms with Gasteiger partial charge in [-0.2, -0.15) is 4.98 Å². The van der Waals surface area contributed by atoms with Gasteiger partial charge in [-0.1, -0.05) is 12.1 Å². The number of hydrogen-bond donors (Lipinski definition) is 2. The smallest absolute Gasteiger partial charge is 0.248 e. The topological polar surface area (TPSA) is 94.1 Å². The SMILES string of the molecule is O=C(CCn1cccc1)Nc1n[nH]c(C2COc3ccccc3O2)n1. The fourth-order valence-corrected chi connectivity index (χ4v) is 2.57. The summed E-state index contributed by atoms with van der Waals surface area (Å²) in [4.78, 5) is 16.3. The summed E-state index contributed by atoms with van der Waals surface area (Å²) in [5.41, 5.74) is 0. The Kier molecular flexibility index (Phi) is 4.07. The molecule has 1 aliphatic heterocycles. The summed E-state index contributed by atoms with van der Waals surface area (Å²) in [5, 5.41) is 9.50. The minimum atomic E-state index is -0.395. The molecule has 0 saturated carbocycles. The van der Waals surface area contributed by atoms with Crippen LogP contribution in [0.25, 0.3) is 0 Å². The zero-order valence-corrected chi connectivity index (χ0v) is 13.4. The second kappa shape index (κ2) is 6.68. The van der Waals surface area contributed by atoms with Crippen LogP contribution >= 0.6 is 0 Å². The fourth-order valence-electron chi connectivity index (χ4n) is 2.57. The van der Waals surface area contributed by atoms with E-state index in [1.807, 2.05) is 53.4 Å². The van der Waals surface area contributed by atoms with Crippen molar-refractivity contribution in [1.29, 1.82) is 0 Å². The molecule has 0 saturated heterocycles. The Morgan fingerprint density at radius 1 is 1.24 bits per heavy atom. The molecule has 3 aromatic rings. The number of para-hydroxylation sites is 2. The van der Waals surface area contributed by atoms with Crippen molar-refractivity contribution in [3.63, 3.8) is 0 Å². The van der Waals surface area contributed by atoms with Crippen LogP contribution in [-0.4, -0.2) is 32.3 Å². The quantitative estimate of drug-likeness (QED) is 0.743. The highest BCUT2D eigenvalue weighted by Crippen LogP contribution is 2.34. The second-order valence-electron chi connectivity index (χ2n) is 5.63. The number of ether oxygens (including phenoxy) is 2. The first-order valence-electron chi connectivity index (χ1n) is 7.99. The maximum Gasteiger partial charge on any atom is 0.248 e. The minimum absolute atomic E-state index is 0.148. The van der Waals surface area contributed by atoms with Crippen molar-refractivity contribution in [2.45, 2.75) is 19.1 Å². The number of aromatic amines is 1. The van der Waals surface area contributed by atoms with Crippen molar-refractivity contribution in [2.75, 3.05) is 11.9 Å². The van der Waals surface area contributed by atoms with Crippen LogP contribution in [0, 0.1) is 0 Å². The number of fused-ring (bicyclic) bond motifs is 1. The molecule has 0 spiro atoms. The van der Waals surface area contributed by atoms with Gasteiger partial charge in [-0.05, 0) is 24.3 Å². The molecule has 128 valence electrons. The molecule has 1 amide bonds. The van der Waals surface area contributed by atoms with Crippen molar-refractivity contribution in [1.82, 2.24) is 19.7 Å². The molecule has 0 aliphatic carbocycles. The molecule has 2 N–H and O–H groups in total. The van der Waals surface area contributed by atoms with E-state index in [4.69, 9.17) is 9.47 Å². The predicted molar refractivity (Wildman–Crippen MR) is 89.4 cm³/mol. The standard InChI is InChI=1S/C17H17N5O3/c23-15(7-10-22-8-3-4-9-22)18-17-19-16(20-21-17)14-11-24-12-5-1-2-6-13(12)25-14/h1-6,8-9,14H,7,10-11H2,(H2,18,19,20,21,23). The van der Waals surface area contributed by atoms with Crippen LogP contribution in [-0.2, 0) is 11.3 Å². The van der Waals surface area contributed by atoms with Crippen molar-refractivity contribution >= 4 is 11.9 Å². The molecule has 1 aliphatic rings. The third-order valence-corrected chi connectivity index (χ3v) is 3.83. The molecule has 0 fully saturated rings. The number of hydrogen-bond acceptors (Lipinski definition) is 5. The first kappa shape index (κ1) is 15.3. The van der Waals surface area contributed by atoms with Crippen LogP contribution in [0.1, 0.15) is 18.3 Å². The lowest BCUT2D eigenvalue weighted by Gasteiger charge is -2.24. The fraction of sp³-hybridized carbons (Fsp3) is 0.235. The zero-order chi connectivity index (χ0) is 17.1. The van der Waals surface area contributed by atoms with E-state index in [1.165, 1.54) is 0 Å². The predicted octanol–water partition coefficient (Wildman–Crippen LogP) is 2.15. The lowest BCUT2D eigenvalue weighted by atomic mass is 10.2. The summed E-state index contributed by atoms with van der Waals surface area (Å²) in [5.74, 6) is 1.96. The lowest BCUT2D eigenvalue weighted by Crippen LogP contribution is -2.22. The molecule has 25 heavy (non-hydrogen) atoms. The summed E-state index contributed by atoms with van der Waals surface area (Å²) in [6, 6.07) is 11.3. The van der Waals surface area contributed by atoms with E-state index >= 15 is 0 Å². The summed E-state index contributed by atoms with van der Waals surface area (Å²) in [7, 11) is 0. The van der Waals surface area contributed by atoms with Crippen molar-refractivity contribution in [2.24, 2.45) is 0 Å². The monoisotopic (exact) mass is 339 g/mol. The Balaban J connectivity index is 1.35. The van der Waals surface area contributed by atoms with Gasteiger partial charge in [-0.3, -0.25) is 15.2 Å². The Hall–Kier alpha value is -3.29. The third kappa shape index (κ3) is 3.47. The van der Waals surface area contributed by atoms with Crippen LogP contribution in [0.15, 0.2) is 48.8 Å². The summed E-state index contributed by atoms with van der Waals surface area (Å²) in [6.07, 6.45) is 3.77. The first-order chi connectivity index (χ1) is 12.3. The van der Waals surface area contributed by atoms with E-state index < -0.39 is 6.10 Å². The zero-order valence-electron chi connectivity index (χ0n) is 13.4. The van der Waals surface area contributed by atoms with E-state index in [9.17, 15) is 4.79 Å². The molecule has 2 aromatic heterocycles. The summed E-state index contributed by atoms with van der Waals surface area (Å²) in [6.45, 7) is 0.930. The summed E-state index contributed by atoms with van der Waals surface area (Å²) < 4.78 is 13.5. The number of H-pyrrole nitrogens is 1. The number of nitrogens with one attached hydrogen (secondary N) is 2. The molecule has 1 unspecified atom stereocenters. The summed E-state index contributed by atoms with van der Waals surface area (Å²) >= 11 is 0. The maximum atomic E-state index is 12.0. The van der Waals surface area contributed by atoms with Crippen LogP contribution < -0.4 is 14.8 Å². The van der Waals surface area contributed by atoms with Crippen molar-refractivity contribution in [3.05, 3.63) is 54.6 Å². The molecule has 3 heterocycles. The third-order valence-electron chi connectivity index (χ3n) is 3.83. The lowest BCUT2D eigenvalue weighted by molar-refractivity contribution is -0.116. The van der Waals surface area contributed by atoms with Gasteiger partial charge in [-0.25, -0.2) is 0 Å². The molecule has 4 rings (SSSR count). The maximum absolute atomic E-state index is 12.0. The van der Waals surface area contributed by atoms with Gasteiger partial charge in [0.05, 0.1) is 0 Å². The van der Waals surface area contributed by atoms with Gasteiger partial charge >= 0.3 is 0 Å². The second-order valence-corrected chi connectivity index (χ2v) is 5.63. The van der Waals surface area contributed by atoms with E-state index in [2.05, 4.69) is 20.5 Å². The van der Waals surface area contributed by atoms with Crippen molar-refractivity contribution in [3.8, 4) is 11.5 Å². The Bertz CT molecular complexity index is 859. The number of anilines is 1. The van der Waals surface area contributed by atoms with Crippen LogP contribution in [0.4, 0.5) is 5.95 Å².